The Morgan fingerprint density at radius 3 is 2.59 bits per heavy atom. The molecular formula is C22H23N3O2. The number of fused-ring (bicyclic) bond motifs is 1. The summed E-state index contributed by atoms with van der Waals surface area (Å²) in [6, 6.07) is 15.0. The molecule has 0 unspecified atom stereocenters. The van der Waals surface area contributed by atoms with Crippen LogP contribution in [-0.2, 0) is 17.8 Å². The number of para-hydroxylation sites is 1. The lowest BCUT2D eigenvalue weighted by molar-refractivity contribution is -0.133. The highest BCUT2D eigenvalue weighted by atomic mass is 16.2. The fourth-order valence-corrected chi connectivity index (χ4v) is 3.84. The minimum Gasteiger partial charge on any atom is -0.341 e. The molecule has 0 atom stereocenters. The summed E-state index contributed by atoms with van der Waals surface area (Å²) < 4.78 is 1.87. The lowest BCUT2D eigenvalue weighted by atomic mass is 9.92. The van der Waals surface area contributed by atoms with Crippen LogP contribution in [0.4, 0.5) is 0 Å². The summed E-state index contributed by atoms with van der Waals surface area (Å²) >= 11 is 0. The quantitative estimate of drug-likeness (QED) is 0.718. The van der Waals surface area contributed by atoms with Gasteiger partial charge >= 0.3 is 0 Å². The van der Waals surface area contributed by atoms with Crippen molar-refractivity contribution in [1.29, 1.82) is 0 Å². The van der Waals surface area contributed by atoms with Crippen LogP contribution in [0.3, 0.4) is 0 Å². The first kappa shape index (κ1) is 17.5. The topological polar surface area (TPSA) is 55.2 Å². The zero-order valence-electron chi connectivity index (χ0n) is 15.3. The Labute approximate surface area is 158 Å². The van der Waals surface area contributed by atoms with E-state index in [9.17, 15) is 9.59 Å². The van der Waals surface area contributed by atoms with Crippen molar-refractivity contribution in [3.05, 3.63) is 76.8 Å². The molecule has 1 saturated heterocycles. The summed E-state index contributed by atoms with van der Waals surface area (Å²) in [5, 5.41) is 0.655. The van der Waals surface area contributed by atoms with Crippen LogP contribution in [0.15, 0.2) is 65.7 Å². The van der Waals surface area contributed by atoms with Gasteiger partial charge in [0, 0.05) is 42.6 Å². The maximum absolute atomic E-state index is 12.8. The fourth-order valence-electron chi connectivity index (χ4n) is 3.84. The molecule has 0 radical (unpaired) electrons. The monoisotopic (exact) mass is 361 g/mol. The van der Waals surface area contributed by atoms with Crippen molar-refractivity contribution in [1.82, 2.24) is 14.5 Å². The smallest absolute Gasteiger partial charge is 0.242 e. The Morgan fingerprint density at radius 2 is 1.81 bits per heavy atom. The van der Waals surface area contributed by atoms with Crippen molar-refractivity contribution in [2.24, 2.45) is 5.92 Å². The summed E-state index contributed by atoms with van der Waals surface area (Å²) in [6.45, 7) is 1.84. The highest BCUT2D eigenvalue weighted by Crippen LogP contribution is 2.21. The molecule has 1 aromatic carbocycles. The molecule has 1 amide bonds. The molecule has 0 N–H and O–H groups in total. The minimum atomic E-state index is -0.00960. The average Bonchev–Trinajstić information content (AvgIpc) is 2.71. The molecule has 0 bridgehead atoms. The van der Waals surface area contributed by atoms with Crippen LogP contribution in [0.5, 0.6) is 0 Å². The van der Waals surface area contributed by atoms with E-state index in [1.54, 1.807) is 6.20 Å². The van der Waals surface area contributed by atoms with Crippen molar-refractivity contribution < 1.29 is 4.79 Å². The van der Waals surface area contributed by atoms with Gasteiger partial charge in [-0.2, -0.15) is 0 Å². The zero-order chi connectivity index (χ0) is 18.6. The molecule has 1 fully saturated rings. The number of likely N-dealkylation sites (tertiary alicyclic amines) is 1. The fraction of sp³-hybridized carbons (Fsp3) is 0.318. The van der Waals surface area contributed by atoms with E-state index in [1.807, 2.05) is 52.1 Å². The molecule has 1 aliphatic heterocycles. The second-order valence-corrected chi connectivity index (χ2v) is 7.17. The Bertz CT molecular complexity index is 989. The molecule has 138 valence electrons. The van der Waals surface area contributed by atoms with E-state index >= 15 is 0 Å². The average molecular weight is 361 g/mol. The lowest BCUT2D eigenvalue weighted by Gasteiger charge is -2.32. The molecule has 0 aliphatic carbocycles. The summed E-state index contributed by atoms with van der Waals surface area (Å²) in [6.07, 6.45) is 6.55. The summed E-state index contributed by atoms with van der Waals surface area (Å²) in [7, 11) is 0. The van der Waals surface area contributed by atoms with Gasteiger partial charge in [0.05, 0.1) is 5.52 Å². The number of benzene rings is 1. The van der Waals surface area contributed by atoms with E-state index in [-0.39, 0.29) is 17.9 Å². The Morgan fingerprint density at radius 1 is 1.04 bits per heavy atom. The van der Waals surface area contributed by atoms with E-state index in [0.717, 1.165) is 43.6 Å². The largest absolute Gasteiger partial charge is 0.341 e. The molecular weight excluding hydrogens is 338 g/mol. The zero-order valence-corrected chi connectivity index (χ0v) is 15.3. The van der Waals surface area contributed by atoms with Gasteiger partial charge < -0.3 is 9.47 Å². The number of hydrogen-bond acceptors (Lipinski definition) is 3. The number of piperidine rings is 1. The van der Waals surface area contributed by atoms with Crippen LogP contribution in [0.25, 0.3) is 10.9 Å². The molecule has 5 nitrogen and oxygen atoms in total. The van der Waals surface area contributed by atoms with Gasteiger partial charge in [-0.05, 0) is 49.4 Å². The molecule has 0 spiro atoms. The predicted octanol–water partition coefficient (Wildman–Crippen LogP) is 2.88. The predicted molar refractivity (Wildman–Crippen MR) is 105 cm³/mol. The van der Waals surface area contributed by atoms with Crippen LogP contribution < -0.4 is 5.43 Å². The van der Waals surface area contributed by atoms with Crippen molar-refractivity contribution in [3.63, 3.8) is 0 Å². The molecule has 5 heteroatoms. The Hall–Kier alpha value is -2.95. The van der Waals surface area contributed by atoms with E-state index in [2.05, 4.69) is 11.1 Å². The second kappa shape index (κ2) is 7.74. The maximum Gasteiger partial charge on any atom is 0.242 e. The minimum absolute atomic E-state index is 0.00960. The highest BCUT2D eigenvalue weighted by molar-refractivity contribution is 5.82. The molecule has 2 aromatic heterocycles. The Balaban J connectivity index is 1.39. The lowest BCUT2D eigenvalue weighted by Crippen LogP contribution is -2.40. The van der Waals surface area contributed by atoms with Crippen LogP contribution in [-0.4, -0.2) is 33.4 Å². The van der Waals surface area contributed by atoms with Crippen LogP contribution in [0.1, 0.15) is 18.5 Å². The van der Waals surface area contributed by atoms with E-state index in [4.69, 9.17) is 0 Å². The number of carbonyl (C=O) groups excluding carboxylic acids is 1. The van der Waals surface area contributed by atoms with Gasteiger partial charge in [0.1, 0.15) is 6.54 Å². The van der Waals surface area contributed by atoms with Crippen molar-refractivity contribution >= 4 is 16.8 Å². The Kier molecular flexibility index (Phi) is 5.01. The van der Waals surface area contributed by atoms with Gasteiger partial charge in [0.25, 0.3) is 0 Å². The number of amides is 1. The number of nitrogens with zero attached hydrogens (tertiary/aromatic N) is 3. The summed E-state index contributed by atoms with van der Waals surface area (Å²) in [5.74, 6) is 0.692. The molecule has 4 rings (SSSR count). The highest BCUT2D eigenvalue weighted by Gasteiger charge is 2.23. The van der Waals surface area contributed by atoms with E-state index in [0.29, 0.717) is 11.3 Å². The van der Waals surface area contributed by atoms with Gasteiger partial charge in [-0.15, -0.1) is 0 Å². The maximum atomic E-state index is 12.8. The summed E-state index contributed by atoms with van der Waals surface area (Å²) in [5.41, 5.74) is 1.93. The van der Waals surface area contributed by atoms with Crippen LogP contribution in [0, 0.1) is 5.92 Å². The third-order valence-electron chi connectivity index (χ3n) is 5.38. The third kappa shape index (κ3) is 3.92. The van der Waals surface area contributed by atoms with Gasteiger partial charge in [-0.25, -0.2) is 0 Å². The van der Waals surface area contributed by atoms with Gasteiger partial charge in [-0.3, -0.25) is 14.6 Å². The van der Waals surface area contributed by atoms with E-state index in [1.165, 1.54) is 6.07 Å². The number of aromatic nitrogens is 2. The first-order valence-corrected chi connectivity index (χ1v) is 9.46. The van der Waals surface area contributed by atoms with Crippen molar-refractivity contribution in [2.75, 3.05) is 13.1 Å². The molecule has 3 heterocycles. The number of carbonyl (C=O) groups is 1. The molecule has 3 aromatic rings. The third-order valence-corrected chi connectivity index (χ3v) is 5.38. The first-order chi connectivity index (χ1) is 13.2. The number of hydrogen-bond donors (Lipinski definition) is 0. The SMILES string of the molecule is O=C(Cn1ccc(=O)c2ccccc21)N1CCC(Cc2ccccn2)CC1. The molecule has 1 aliphatic rings. The first-order valence-electron chi connectivity index (χ1n) is 9.46. The second-order valence-electron chi connectivity index (χ2n) is 7.17. The van der Waals surface area contributed by atoms with Gasteiger partial charge in [0.15, 0.2) is 5.43 Å². The summed E-state index contributed by atoms with van der Waals surface area (Å²) in [4.78, 5) is 31.1. The molecule has 0 saturated carbocycles. The van der Waals surface area contributed by atoms with Crippen LogP contribution in [0.2, 0.25) is 0 Å². The standard InChI is InChI=1S/C22H23N3O2/c26-21-10-14-25(20-7-2-1-6-19(20)21)16-22(27)24-12-8-17(9-13-24)15-18-5-3-4-11-23-18/h1-7,10-11,14,17H,8-9,12-13,15-16H2. The van der Waals surface area contributed by atoms with Crippen LogP contribution >= 0.6 is 0 Å². The van der Waals surface area contributed by atoms with Crippen molar-refractivity contribution in [2.45, 2.75) is 25.8 Å². The number of pyridine rings is 2. The van der Waals surface area contributed by atoms with Gasteiger partial charge in [0.2, 0.25) is 5.91 Å². The molecule has 27 heavy (non-hydrogen) atoms. The van der Waals surface area contributed by atoms with Gasteiger partial charge in [-0.1, -0.05) is 18.2 Å². The normalized spacial score (nSPS) is 15.2. The van der Waals surface area contributed by atoms with Crippen molar-refractivity contribution in [3.8, 4) is 0 Å². The van der Waals surface area contributed by atoms with E-state index < -0.39 is 0 Å². The number of rotatable bonds is 4.